The van der Waals surface area contributed by atoms with Crippen LogP contribution in [0.1, 0.15) is 22.4 Å². The number of aromatic nitrogens is 2. The summed E-state index contributed by atoms with van der Waals surface area (Å²) in [4.78, 5) is 22.4. The second-order valence-electron chi connectivity index (χ2n) is 6.40. The normalized spacial score (nSPS) is 12.3. The summed E-state index contributed by atoms with van der Waals surface area (Å²) in [7, 11) is 0. The number of fused-ring (bicyclic) bond motifs is 3. The maximum Gasteiger partial charge on any atom is 0.227 e. The van der Waals surface area contributed by atoms with Gasteiger partial charge in [-0.15, -0.1) is 11.3 Å². The Bertz CT molecular complexity index is 950. The number of Topliss-reactive ketones (excluding diaryl/α,β-unsaturated/α-hetero) is 1. The number of rotatable bonds is 6. The SMILES string of the molecule is NCCC(=O)Cc1cccc(Nc2ncc3c(n2)-c2ccsc2CC3)c1. The number of anilines is 2. The maximum atomic E-state index is 11.8. The van der Waals surface area contributed by atoms with E-state index in [1.54, 1.807) is 11.3 Å². The molecule has 4 rings (SSSR count). The molecule has 0 saturated heterocycles. The second-order valence-corrected chi connectivity index (χ2v) is 7.41. The number of nitrogens with one attached hydrogen (secondary N) is 1. The smallest absolute Gasteiger partial charge is 0.227 e. The molecule has 1 aliphatic rings. The molecule has 0 spiro atoms. The van der Waals surface area contributed by atoms with Gasteiger partial charge in [-0.25, -0.2) is 9.97 Å². The molecular weight excluding hydrogens is 344 g/mol. The van der Waals surface area contributed by atoms with Crippen LogP contribution in [0.2, 0.25) is 0 Å². The van der Waals surface area contributed by atoms with E-state index in [1.807, 2.05) is 30.5 Å². The Morgan fingerprint density at radius 3 is 3.08 bits per heavy atom. The lowest BCUT2D eigenvalue weighted by Gasteiger charge is -2.16. The average Bonchev–Trinajstić information content (AvgIpc) is 3.11. The highest BCUT2D eigenvalue weighted by molar-refractivity contribution is 7.10. The first-order valence-electron chi connectivity index (χ1n) is 8.73. The zero-order valence-corrected chi connectivity index (χ0v) is 15.2. The Kier molecular flexibility index (Phi) is 4.77. The molecule has 2 heterocycles. The minimum Gasteiger partial charge on any atom is -0.330 e. The van der Waals surface area contributed by atoms with Crippen molar-refractivity contribution in [2.24, 2.45) is 5.73 Å². The molecule has 2 aromatic heterocycles. The van der Waals surface area contributed by atoms with Crippen molar-refractivity contribution in [2.45, 2.75) is 25.7 Å². The van der Waals surface area contributed by atoms with Crippen LogP contribution < -0.4 is 11.1 Å². The van der Waals surface area contributed by atoms with Crippen LogP contribution in [0.5, 0.6) is 0 Å². The molecule has 0 bridgehead atoms. The molecule has 0 aliphatic heterocycles. The van der Waals surface area contributed by atoms with Gasteiger partial charge in [0.1, 0.15) is 5.78 Å². The van der Waals surface area contributed by atoms with Crippen molar-refractivity contribution in [3.05, 3.63) is 57.9 Å². The summed E-state index contributed by atoms with van der Waals surface area (Å²) in [6, 6.07) is 9.94. The number of hydrogen-bond acceptors (Lipinski definition) is 6. The molecule has 6 heteroatoms. The second kappa shape index (κ2) is 7.35. The van der Waals surface area contributed by atoms with Crippen molar-refractivity contribution in [1.82, 2.24) is 9.97 Å². The minimum atomic E-state index is 0.152. The van der Waals surface area contributed by atoms with E-state index in [0.29, 0.717) is 25.3 Å². The number of hydrogen-bond donors (Lipinski definition) is 2. The van der Waals surface area contributed by atoms with Crippen LogP contribution in [-0.4, -0.2) is 22.3 Å². The summed E-state index contributed by atoms with van der Waals surface area (Å²) in [5, 5.41) is 5.39. The summed E-state index contributed by atoms with van der Waals surface area (Å²) in [5.74, 6) is 0.730. The standard InChI is InChI=1S/C20H20N4OS/c21-8-6-16(25)11-13-2-1-3-15(10-13)23-20-22-12-14-4-5-18-17(7-9-26-18)19(14)24-20/h1-3,7,9-10,12H,4-6,8,11,21H2,(H,22,23,24). The van der Waals surface area contributed by atoms with Crippen molar-refractivity contribution in [3.63, 3.8) is 0 Å². The quantitative estimate of drug-likeness (QED) is 0.699. The van der Waals surface area contributed by atoms with E-state index in [4.69, 9.17) is 10.7 Å². The summed E-state index contributed by atoms with van der Waals surface area (Å²) in [5.41, 5.74) is 10.7. The number of benzene rings is 1. The van der Waals surface area contributed by atoms with Gasteiger partial charge < -0.3 is 11.1 Å². The number of carbonyl (C=O) groups excluding carboxylic acids is 1. The lowest BCUT2D eigenvalue weighted by atomic mass is 9.96. The molecule has 0 atom stereocenters. The highest BCUT2D eigenvalue weighted by Crippen LogP contribution is 2.35. The monoisotopic (exact) mass is 364 g/mol. The van der Waals surface area contributed by atoms with Gasteiger partial charge >= 0.3 is 0 Å². The van der Waals surface area contributed by atoms with Crippen LogP contribution in [0.15, 0.2) is 41.9 Å². The Labute approximate surface area is 156 Å². The topological polar surface area (TPSA) is 80.9 Å². The molecule has 5 nitrogen and oxygen atoms in total. The van der Waals surface area contributed by atoms with Crippen molar-refractivity contribution in [3.8, 4) is 11.3 Å². The molecule has 26 heavy (non-hydrogen) atoms. The van der Waals surface area contributed by atoms with Gasteiger partial charge in [-0.2, -0.15) is 0 Å². The molecule has 3 aromatic rings. The fourth-order valence-corrected chi connectivity index (χ4v) is 4.12. The molecule has 3 N–H and O–H groups in total. The van der Waals surface area contributed by atoms with Gasteiger partial charge in [-0.1, -0.05) is 12.1 Å². The number of ketones is 1. The summed E-state index contributed by atoms with van der Waals surface area (Å²) in [6.07, 6.45) is 4.78. The van der Waals surface area contributed by atoms with Crippen LogP contribution in [0.4, 0.5) is 11.6 Å². The lowest BCUT2D eigenvalue weighted by molar-refractivity contribution is -0.118. The van der Waals surface area contributed by atoms with Gasteiger partial charge in [-0.3, -0.25) is 4.79 Å². The van der Waals surface area contributed by atoms with E-state index in [-0.39, 0.29) is 5.78 Å². The van der Waals surface area contributed by atoms with E-state index < -0.39 is 0 Å². The maximum absolute atomic E-state index is 11.8. The molecule has 0 amide bonds. The van der Waals surface area contributed by atoms with E-state index in [2.05, 4.69) is 21.7 Å². The van der Waals surface area contributed by atoms with Gasteiger partial charge in [0, 0.05) is 35.2 Å². The zero-order valence-electron chi connectivity index (χ0n) is 14.4. The molecule has 0 saturated carbocycles. The summed E-state index contributed by atoms with van der Waals surface area (Å²) in [6.45, 7) is 0.393. The molecule has 1 aliphatic carbocycles. The highest BCUT2D eigenvalue weighted by Gasteiger charge is 2.19. The van der Waals surface area contributed by atoms with Gasteiger partial charge in [0.05, 0.1) is 5.69 Å². The molecule has 1 aromatic carbocycles. The number of aryl methyl sites for hydroxylation is 2. The first kappa shape index (κ1) is 16.9. The van der Waals surface area contributed by atoms with Crippen molar-refractivity contribution < 1.29 is 4.79 Å². The minimum absolute atomic E-state index is 0.152. The fraction of sp³-hybridized carbons (Fsp3) is 0.250. The van der Waals surface area contributed by atoms with Crippen molar-refractivity contribution in [2.75, 3.05) is 11.9 Å². The van der Waals surface area contributed by atoms with E-state index in [9.17, 15) is 4.79 Å². The zero-order chi connectivity index (χ0) is 17.9. The molecule has 0 unspecified atom stereocenters. The first-order chi connectivity index (χ1) is 12.7. The van der Waals surface area contributed by atoms with Crippen LogP contribution in [0.3, 0.4) is 0 Å². The van der Waals surface area contributed by atoms with Gasteiger partial charge in [-0.05, 0) is 54.1 Å². The number of carbonyl (C=O) groups is 1. The van der Waals surface area contributed by atoms with Crippen LogP contribution in [0, 0.1) is 0 Å². The summed E-state index contributed by atoms with van der Waals surface area (Å²) < 4.78 is 0. The Balaban J connectivity index is 1.55. The predicted octanol–water partition coefficient (Wildman–Crippen LogP) is 3.51. The van der Waals surface area contributed by atoms with E-state index in [1.165, 1.54) is 16.0 Å². The van der Waals surface area contributed by atoms with E-state index in [0.717, 1.165) is 29.8 Å². The van der Waals surface area contributed by atoms with Gasteiger partial charge in [0.2, 0.25) is 5.95 Å². The van der Waals surface area contributed by atoms with Crippen LogP contribution >= 0.6 is 11.3 Å². The lowest BCUT2D eigenvalue weighted by Crippen LogP contribution is -2.10. The third kappa shape index (κ3) is 3.52. The largest absolute Gasteiger partial charge is 0.330 e. The summed E-state index contributed by atoms with van der Waals surface area (Å²) >= 11 is 1.79. The highest BCUT2D eigenvalue weighted by atomic mass is 32.1. The predicted molar refractivity (Wildman–Crippen MR) is 105 cm³/mol. The van der Waals surface area contributed by atoms with E-state index >= 15 is 0 Å². The molecule has 0 fully saturated rings. The first-order valence-corrected chi connectivity index (χ1v) is 9.61. The Hall–Kier alpha value is -2.57. The number of nitrogens with zero attached hydrogens (tertiary/aromatic N) is 2. The number of nitrogens with two attached hydrogens (primary N) is 1. The fourth-order valence-electron chi connectivity index (χ4n) is 3.24. The van der Waals surface area contributed by atoms with Crippen LogP contribution in [-0.2, 0) is 24.1 Å². The van der Waals surface area contributed by atoms with Crippen LogP contribution in [0.25, 0.3) is 11.3 Å². The average molecular weight is 364 g/mol. The van der Waals surface area contributed by atoms with Crippen molar-refractivity contribution >= 4 is 28.8 Å². The Morgan fingerprint density at radius 1 is 1.27 bits per heavy atom. The Morgan fingerprint density at radius 2 is 2.19 bits per heavy atom. The van der Waals surface area contributed by atoms with Crippen molar-refractivity contribution in [1.29, 1.82) is 0 Å². The third-order valence-corrected chi connectivity index (χ3v) is 5.47. The third-order valence-electron chi connectivity index (χ3n) is 4.49. The molecular formula is C20H20N4OS. The van der Waals surface area contributed by atoms with Gasteiger partial charge in [0.25, 0.3) is 0 Å². The van der Waals surface area contributed by atoms with Gasteiger partial charge in [0.15, 0.2) is 0 Å². The molecule has 0 radical (unpaired) electrons. The molecule has 132 valence electrons. The number of thiophene rings is 1.